The van der Waals surface area contributed by atoms with Gasteiger partial charge in [-0.25, -0.2) is 0 Å². The van der Waals surface area contributed by atoms with E-state index >= 15 is 0 Å². The second-order valence-corrected chi connectivity index (χ2v) is 5.84. The van der Waals surface area contributed by atoms with E-state index in [4.69, 9.17) is 5.73 Å². The second-order valence-electron chi connectivity index (χ2n) is 5.84. The molecule has 0 spiro atoms. The summed E-state index contributed by atoms with van der Waals surface area (Å²) in [4.78, 5) is 13.9. The lowest BCUT2D eigenvalue weighted by molar-refractivity contribution is 0.101. The van der Waals surface area contributed by atoms with Crippen LogP contribution in [0.25, 0.3) is 0 Å². The van der Waals surface area contributed by atoms with E-state index < -0.39 is 0 Å². The topological polar surface area (TPSA) is 46.3 Å². The number of ketones is 1. The van der Waals surface area contributed by atoms with Gasteiger partial charge in [0, 0.05) is 29.5 Å². The number of Topliss-reactive ketones (excluding diaryl/α,β-unsaturated/α-hetero) is 1. The van der Waals surface area contributed by atoms with Crippen LogP contribution in [-0.4, -0.2) is 18.4 Å². The van der Waals surface area contributed by atoms with Crippen LogP contribution in [0.15, 0.2) is 18.2 Å². The summed E-state index contributed by atoms with van der Waals surface area (Å²) in [6, 6.07) is 6.33. The number of nitrogens with zero attached hydrogens (tertiary/aromatic N) is 1. The quantitative estimate of drug-likeness (QED) is 0.602. The van der Waals surface area contributed by atoms with E-state index in [0.29, 0.717) is 23.2 Å². The Kier molecular flexibility index (Phi) is 6.05. The number of hydrogen-bond donors (Lipinski definition) is 1. The Hall–Kier alpha value is -1.51. The predicted molar refractivity (Wildman–Crippen MR) is 87.4 cm³/mol. The van der Waals surface area contributed by atoms with E-state index in [2.05, 4.69) is 32.6 Å². The third-order valence-corrected chi connectivity index (χ3v) is 3.69. The fourth-order valence-corrected chi connectivity index (χ4v) is 2.64. The van der Waals surface area contributed by atoms with Crippen molar-refractivity contribution in [3.05, 3.63) is 23.8 Å². The normalized spacial score (nSPS) is 11.2. The minimum Gasteiger partial charge on any atom is -0.398 e. The minimum absolute atomic E-state index is 0.0204. The Morgan fingerprint density at radius 2 is 1.85 bits per heavy atom. The summed E-state index contributed by atoms with van der Waals surface area (Å²) < 4.78 is 0. The second kappa shape index (κ2) is 7.32. The molecule has 3 nitrogen and oxygen atoms in total. The maximum atomic E-state index is 11.5. The zero-order chi connectivity index (χ0) is 15.3. The molecule has 1 aromatic rings. The lowest BCUT2D eigenvalue weighted by Crippen LogP contribution is -2.37. The van der Waals surface area contributed by atoms with Gasteiger partial charge in [0.2, 0.25) is 0 Å². The molecule has 0 radical (unpaired) electrons. The zero-order valence-electron chi connectivity index (χ0n) is 13.4. The Morgan fingerprint density at radius 1 is 1.25 bits per heavy atom. The molecule has 0 aliphatic rings. The van der Waals surface area contributed by atoms with Crippen LogP contribution in [0.4, 0.5) is 11.4 Å². The van der Waals surface area contributed by atoms with Crippen molar-refractivity contribution >= 4 is 17.2 Å². The highest BCUT2D eigenvalue weighted by atomic mass is 16.1. The molecule has 0 atom stereocenters. The summed E-state index contributed by atoms with van der Waals surface area (Å²) in [5.41, 5.74) is 8.34. The number of anilines is 2. The Balaban J connectivity index is 3.13. The first kappa shape index (κ1) is 16.5. The Morgan fingerprint density at radius 3 is 2.25 bits per heavy atom. The molecule has 1 rings (SSSR count). The van der Waals surface area contributed by atoms with Crippen LogP contribution in [0.1, 0.15) is 57.8 Å². The van der Waals surface area contributed by atoms with E-state index in [-0.39, 0.29) is 5.78 Å². The molecule has 0 bridgehead atoms. The average molecular weight is 276 g/mol. The van der Waals surface area contributed by atoms with E-state index in [1.807, 2.05) is 18.2 Å². The van der Waals surface area contributed by atoms with Gasteiger partial charge in [-0.1, -0.05) is 27.7 Å². The predicted octanol–water partition coefficient (Wildman–Crippen LogP) is 4.12. The molecule has 0 heterocycles. The maximum Gasteiger partial charge on any atom is 0.161 e. The fourth-order valence-electron chi connectivity index (χ4n) is 2.64. The molecule has 0 aliphatic carbocycles. The molecular formula is C17H28N2O. The smallest absolute Gasteiger partial charge is 0.161 e. The minimum atomic E-state index is 0.0204. The van der Waals surface area contributed by atoms with Gasteiger partial charge in [-0.05, 0) is 43.9 Å². The van der Waals surface area contributed by atoms with Gasteiger partial charge in [-0.15, -0.1) is 0 Å². The summed E-state index contributed by atoms with van der Waals surface area (Å²) in [6.07, 6.45) is 2.22. The summed E-state index contributed by atoms with van der Waals surface area (Å²) in [6.45, 7) is 11.4. The van der Waals surface area contributed by atoms with Crippen molar-refractivity contribution in [3.63, 3.8) is 0 Å². The van der Waals surface area contributed by atoms with Crippen molar-refractivity contribution in [2.24, 2.45) is 5.92 Å². The maximum absolute atomic E-state index is 11.5. The highest BCUT2D eigenvalue weighted by Gasteiger charge is 2.18. The lowest BCUT2D eigenvalue weighted by Gasteiger charge is -2.34. The van der Waals surface area contributed by atoms with Gasteiger partial charge in [-0.3, -0.25) is 4.79 Å². The number of rotatable bonds is 7. The third-order valence-electron chi connectivity index (χ3n) is 3.69. The lowest BCUT2D eigenvalue weighted by atomic mass is 10.0. The first-order valence-electron chi connectivity index (χ1n) is 7.57. The Labute approximate surface area is 123 Å². The molecule has 2 N–H and O–H groups in total. The van der Waals surface area contributed by atoms with Gasteiger partial charge < -0.3 is 10.6 Å². The molecule has 0 fully saturated rings. The molecule has 3 heteroatoms. The number of carbonyl (C=O) groups is 1. The van der Waals surface area contributed by atoms with Gasteiger partial charge in [0.05, 0.1) is 0 Å². The molecular weight excluding hydrogens is 248 g/mol. The summed E-state index contributed by atoms with van der Waals surface area (Å²) in [5, 5.41) is 0. The van der Waals surface area contributed by atoms with E-state index in [0.717, 1.165) is 25.1 Å². The largest absolute Gasteiger partial charge is 0.398 e. The summed E-state index contributed by atoms with van der Waals surface area (Å²) in [5.74, 6) is 0.608. The van der Waals surface area contributed by atoms with Crippen molar-refractivity contribution < 1.29 is 4.79 Å². The monoisotopic (exact) mass is 276 g/mol. The molecule has 112 valence electrons. The number of nitrogen functional groups attached to an aromatic ring is 1. The van der Waals surface area contributed by atoms with Gasteiger partial charge in [0.1, 0.15) is 0 Å². The highest BCUT2D eigenvalue weighted by molar-refractivity contribution is 5.99. The molecule has 0 aliphatic heterocycles. The van der Waals surface area contributed by atoms with Crippen molar-refractivity contribution in [1.29, 1.82) is 0 Å². The molecule has 0 aromatic heterocycles. The third kappa shape index (κ3) is 3.99. The van der Waals surface area contributed by atoms with Crippen LogP contribution in [-0.2, 0) is 0 Å². The first-order valence-corrected chi connectivity index (χ1v) is 7.57. The van der Waals surface area contributed by atoms with Crippen molar-refractivity contribution in [1.82, 2.24) is 0 Å². The van der Waals surface area contributed by atoms with Crippen molar-refractivity contribution in [2.45, 2.75) is 53.5 Å². The van der Waals surface area contributed by atoms with E-state index in [9.17, 15) is 4.79 Å². The molecule has 0 unspecified atom stereocenters. The van der Waals surface area contributed by atoms with Gasteiger partial charge >= 0.3 is 0 Å². The zero-order valence-corrected chi connectivity index (χ0v) is 13.4. The van der Waals surface area contributed by atoms with Gasteiger partial charge in [0.15, 0.2) is 5.78 Å². The van der Waals surface area contributed by atoms with Gasteiger partial charge in [0.25, 0.3) is 0 Å². The van der Waals surface area contributed by atoms with Crippen molar-refractivity contribution in [2.75, 3.05) is 17.2 Å². The molecule has 0 saturated carbocycles. The molecule has 0 amide bonds. The van der Waals surface area contributed by atoms with Crippen LogP contribution < -0.4 is 10.6 Å². The number of benzene rings is 1. The summed E-state index contributed by atoms with van der Waals surface area (Å²) in [7, 11) is 0. The van der Waals surface area contributed by atoms with Crippen molar-refractivity contribution in [3.8, 4) is 0 Å². The van der Waals surface area contributed by atoms with Crippen LogP contribution in [0.5, 0.6) is 0 Å². The molecule has 1 aromatic carbocycles. The molecule has 20 heavy (non-hydrogen) atoms. The van der Waals surface area contributed by atoms with Crippen LogP contribution in [0, 0.1) is 5.92 Å². The fraction of sp³-hybridized carbons (Fsp3) is 0.588. The molecule has 0 saturated heterocycles. The van der Waals surface area contributed by atoms with Crippen LogP contribution >= 0.6 is 0 Å². The van der Waals surface area contributed by atoms with Gasteiger partial charge in [-0.2, -0.15) is 0 Å². The number of nitrogens with two attached hydrogens (primary N) is 1. The highest BCUT2D eigenvalue weighted by Crippen LogP contribution is 2.26. The number of hydrogen-bond acceptors (Lipinski definition) is 3. The van der Waals surface area contributed by atoms with Crippen LogP contribution in [0.3, 0.4) is 0 Å². The first-order chi connectivity index (χ1) is 9.40. The summed E-state index contributed by atoms with van der Waals surface area (Å²) >= 11 is 0. The standard InChI is InChI=1S/C17H28N2O/c1-6-14(7-2)19(11-12(3)4)15-8-9-16(13(5)20)17(18)10-15/h8-10,12,14H,6-7,11,18H2,1-5H3. The number of carbonyl (C=O) groups excluding carboxylic acids is 1. The van der Waals surface area contributed by atoms with E-state index in [1.165, 1.54) is 0 Å². The SMILES string of the molecule is CCC(CC)N(CC(C)C)c1ccc(C(C)=O)c(N)c1. The Bertz CT molecular complexity index is 450. The van der Waals surface area contributed by atoms with Crippen LogP contribution in [0.2, 0.25) is 0 Å². The van der Waals surface area contributed by atoms with E-state index in [1.54, 1.807) is 6.92 Å². The average Bonchev–Trinajstić information content (AvgIpc) is 2.37.